The van der Waals surface area contributed by atoms with E-state index in [1.165, 1.54) is 18.6 Å². The average molecular weight is 182 g/mol. The monoisotopic (exact) mass is 182 g/mol. The smallest absolute Gasteiger partial charge is 0.0968 e. The van der Waals surface area contributed by atoms with E-state index in [4.69, 9.17) is 0 Å². The van der Waals surface area contributed by atoms with Gasteiger partial charge in [0, 0.05) is 0 Å². The van der Waals surface area contributed by atoms with Gasteiger partial charge in [-0.2, -0.15) is 0 Å². The van der Waals surface area contributed by atoms with Gasteiger partial charge in [0.1, 0.15) is 0 Å². The summed E-state index contributed by atoms with van der Waals surface area (Å²) in [5.74, 6) is 0.301. The number of hydrogen-bond donors (Lipinski definition) is 0. The first-order valence-electron chi connectivity index (χ1n) is 4.75. The minimum Gasteiger partial charge on any atom is -0.212 e. The number of hydrogen-bond acceptors (Lipinski definition) is 0. The number of rotatable bonds is 4. The summed E-state index contributed by atoms with van der Waals surface area (Å²) in [6.45, 7) is 7.63. The molecule has 0 aromatic heterocycles. The van der Waals surface area contributed by atoms with Crippen molar-refractivity contribution >= 4 is 0 Å². The lowest BCUT2D eigenvalue weighted by Gasteiger charge is -2.09. The molecule has 0 saturated carbocycles. The van der Waals surface area contributed by atoms with Gasteiger partial charge in [0.2, 0.25) is 0 Å². The predicted octanol–water partition coefficient (Wildman–Crippen LogP) is 4.41. The van der Waals surface area contributed by atoms with Gasteiger partial charge in [0.25, 0.3) is 0 Å². The maximum Gasteiger partial charge on any atom is 0.0968 e. The van der Waals surface area contributed by atoms with E-state index in [1.807, 2.05) is 26.0 Å². The molecule has 13 heavy (non-hydrogen) atoms. The summed E-state index contributed by atoms with van der Waals surface area (Å²) in [4.78, 5) is 0. The highest BCUT2D eigenvalue weighted by atomic mass is 19.1. The molecule has 0 rings (SSSR count). The minimum atomic E-state index is -0.144. The molecule has 1 unspecified atom stereocenters. The van der Waals surface area contributed by atoms with E-state index in [-0.39, 0.29) is 5.83 Å². The Balaban J connectivity index is 4.44. The third kappa shape index (κ3) is 5.40. The van der Waals surface area contributed by atoms with Crippen molar-refractivity contribution in [3.63, 3.8) is 0 Å². The zero-order valence-electron chi connectivity index (χ0n) is 8.97. The van der Waals surface area contributed by atoms with Gasteiger partial charge in [-0.15, -0.1) is 0 Å². The van der Waals surface area contributed by atoms with E-state index in [0.717, 1.165) is 6.42 Å². The first kappa shape index (κ1) is 12.2. The maximum absolute atomic E-state index is 12.4. The lowest BCUT2D eigenvalue weighted by atomic mass is 9.97. The molecule has 0 bridgehead atoms. The van der Waals surface area contributed by atoms with Crippen LogP contribution in [-0.4, -0.2) is 0 Å². The van der Waals surface area contributed by atoms with Crippen molar-refractivity contribution in [2.24, 2.45) is 5.92 Å². The second-order valence-corrected chi connectivity index (χ2v) is 3.20. The first-order chi connectivity index (χ1) is 6.11. The van der Waals surface area contributed by atoms with E-state index < -0.39 is 0 Å². The van der Waals surface area contributed by atoms with Crippen LogP contribution in [0.25, 0.3) is 0 Å². The summed E-state index contributed by atoms with van der Waals surface area (Å²) < 4.78 is 12.4. The van der Waals surface area contributed by atoms with Gasteiger partial charge in [-0.3, -0.25) is 0 Å². The van der Waals surface area contributed by atoms with Gasteiger partial charge in [0.15, 0.2) is 0 Å². The van der Waals surface area contributed by atoms with Crippen LogP contribution in [0, 0.1) is 5.92 Å². The van der Waals surface area contributed by atoms with E-state index in [1.54, 1.807) is 0 Å². The van der Waals surface area contributed by atoms with E-state index in [9.17, 15) is 4.39 Å². The summed E-state index contributed by atoms with van der Waals surface area (Å²) in [5, 5.41) is 0. The third-order valence-corrected chi connectivity index (χ3v) is 2.03. The normalized spacial score (nSPS) is 16.7. The van der Waals surface area contributed by atoms with Crippen LogP contribution in [0.5, 0.6) is 0 Å². The molecule has 1 heteroatoms. The molecule has 0 aromatic rings. The second-order valence-electron chi connectivity index (χ2n) is 3.20. The Morgan fingerprint density at radius 1 is 1.31 bits per heavy atom. The van der Waals surface area contributed by atoms with Crippen LogP contribution in [0.1, 0.15) is 34.1 Å². The van der Waals surface area contributed by atoms with E-state index >= 15 is 0 Å². The molecule has 0 N–H and O–H groups in total. The highest BCUT2D eigenvalue weighted by Gasteiger charge is 2.01. The standard InChI is InChI=1S/C12H19F/c1-5-7-12(6-2)10(3)8-9-11(4)13/h5,7-9,12H,6H2,1-4H3/b7-5-,10-8+,11-9+. The molecule has 0 amide bonds. The molecular weight excluding hydrogens is 163 g/mol. The molecule has 0 radical (unpaired) electrons. The zero-order valence-corrected chi connectivity index (χ0v) is 8.97. The third-order valence-electron chi connectivity index (χ3n) is 2.03. The van der Waals surface area contributed by atoms with Crippen molar-refractivity contribution in [1.82, 2.24) is 0 Å². The molecule has 1 atom stereocenters. The largest absolute Gasteiger partial charge is 0.212 e. The maximum atomic E-state index is 12.4. The first-order valence-corrected chi connectivity index (χ1v) is 4.75. The van der Waals surface area contributed by atoms with Crippen LogP contribution < -0.4 is 0 Å². The Morgan fingerprint density at radius 3 is 2.31 bits per heavy atom. The Morgan fingerprint density at radius 2 is 1.92 bits per heavy atom. The summed E-state index contributed by atoms with van der Waals surface area (Å²) in [6.07, 6.45) is 8.61. The van der Waals surface area contributed by atoms with Crippen LogP contribution in [0.4, 0.5) is 4.39 Å². The SMILES string of the molecule is C/C=C\C(CC)/C(C)=C/C=C(\C)F. The molecule has 0 aliphatic heterocycles. The quantitative estimate of drug-likeness (QED) is 0.446. The molecule has 0 saturated heterocycles. The predicted molar refractivity (Wildman–Crippen MR) is 57.2 cm³/mol. The van der Waals surface area contributed by atoms with E-state index in [2.05, 4.69) is 13.0 Å². The second kappa shape index (κ2) is 6.64. The molecule has 74 valence electrons. The lowest BCUT2D eigenvalue weighted by Crippen LogP contribution is -1.95. The van der Waals surface area contributed by atoms with Gasteiger partial charge in [-0.1, -0.05) is 30.7 Å². The van der Waals surface area contributed by atoms with Crippen LogP contribution in [0.2, 0.25) is 0 Å². The van der Waals surface area contributed by atoms with Crippen molar-refractivity contribution in [3.8, 4) is 0 Å². The Hall–Kier alpha value is -0.850. The summed E-state index contributed by atoms with van der Waals surface area (Å²) in [6, 6.07) is 0. The zero-order chi connectivity index (χ0) is 10.3. The molecule has 0 heterocycles. The molecule has 0 spiro atoms. The lowest BCUT2D eigenvalue weighted by molar-refractivity contribution is 0.640. The average Bonchev–Trinajstić information content (AvgIpc) is 2.10. The van der Waals surface area contributed by atoms with Crippen LogP contribution in [0.3, 0.4) is 0 Å². The van der Waals surface area contributed by atoms with Crippen molar-refractivity contribution < 1.29 is 4.39 Å². The molecule has 0 aliphatic carbocycles. The fourth-order valence-corrected chi connectivity index (χ4v) is 1.21. The molecule has 0 aliphatic rings. The molecule has 0 aromatic carbocycles. The highest BCUT2D eigenvalue weighted by molar-refractivity contribution is 5.18. The minimum absolute atomic E-state index is 0.144. The highest BCUT2D eigenvalue weighted by Crippen LogP contribution is 2.16. The van der Waals surface area contributed by atoms with Crippen LogP contribution >= 0.6 is 0 Å². The van der Waals surface area contributed by atoms with Crippen molar-refractivity contribution in [3.05, 3.63) is 35.7 Å². The van der Waals surface area contributed by atoms with E-state index in [0.29, 0.717) is 5.92 Å². The Bertz CT molecular complexity index is 217. The van der Waals surface area contributed by atoms with Gasteiger partial charge in [-0.25, -0.2) is 4.39 Å². The summed E-state index contributed by atoms with van der Waals surface area (Å²) >= 11 is 0. The molecule has 0 fully saturated rings. The van der Waals surface area contributed by atoms with Crippen LogP contribution in [0.15, 0.2) is 35.7 Å². The summed E-state index contributed by atoms with van der Waals surface area (Å²) in [7, 11) is 0. The van der Waals surface area contributed by atoms with Gasteiger partial charge in [-0.05, 0) is 39.2 Å². The Labute approximate surface area is 80.9 Å². The fraction of sp³-hybridized carbons (Fsp3) is 0.500. The summed E-state index contributed by atoms with van der Waals surface area (Å²) in [5.41, 5.74) is 1.21. The van der Waals surface area contributed by atoms with Crippen LogP contribution in [-0.2, 0) is 0 Å². The Kier molecular flexibility index (Phi) is 6.21. The van der Waals surface area contributed by atoms with Crippen molar-refractivity contribution in [2.45, 2.75) is 34.1 Å². The molecule has 0 nitrogen and oxygen atoms in total. The number of halogens is 1. The topological polar surface area (TPSA) is 0 Å². The van der Waals surface area contributed by atoms with Crippen molar-refractivity contribution in [1.29, 1.82) is 0 Å². The fourth-order valence-electron chi connectivity index (χ4n) is 1.21. The number of allylic oxidation sites excluding steroid dienone is 6. The van der Waals surface area contributed by atoms with Gasteiger partial charge in [0.05, 0.1) is 5.83 Å². The van der Waals surface area contributed by atoms with Gasteiger partial charge < -0.3 is 0 Å². The molecular formula is C12H19F. The van der Waals surface area contributed by atoms with Gasteiger partial charge >= 0.3 is 0 Å². The van der Waals surface area contributed by atoms with Crippen molar-refractivity contribution in [2.75, 3.05) is 0 Å².